The predicted molar refractivity (Wildman–Crippen MR) is 131 cm³/mol. The van der Waals surface area contributed by atoms with Crippen molar-refractivity contribution in [2.75, 3.05) is 49.1 Å². The standard InChI is InChI=1S/C26H27N5O4/c1-17-23(31-25(32)19-7-3-4-8-20(19)26(31)33)24(27-28(17)2)30-13-11-29(12-14-30)15-18-16-34-21-9-5-6-10-22(21)35-18/h3-10,18H,11-16H2,1-2H3/t18-/m0/s1. The van der Waals surface area contributed by atoms with Gasteiger partial charge in [-0.3, -0.25) is 19.2 Å². The average Bonchev–Trinajstić information content (AvgIpc) is 3.31. The lowest BCUT2D eigenvalue weighted by Gasteiger charge is -2.38. The number of carbonyl (C=O) groups is 2. The first kappa shape index (κ1) is 21.7. The van der Waals surface area contributed by atoms with Gasteiger partial charge in [0.15, 0.2) is 17.3 Å². The van der Waals surface area contributed by atoms with Crippen LogP contribution in [0.3, 0.4) is 0 Å². The van der Waals surface area contributed by atoms with E-state index in [4.69, 9.17) is 14.6 Å². The van der Waals surface area contributed by atoms with E-state index in [0.29, 0.717) is 29.2 Å². The van der Waals surface area contributed by atoms with E-state index in [1.165, 1.54) is 4.90 Å². The number of aryl methyl sites for hydroxylation is 1. The van der Waals surface area contributed by atoms with Crippen LogP contribution in [0, 0.1) is 6.92 Å². The van der Waals surface area contributed by atoms with E-state index >= 15 is 0 Å². The third-order valence-electron chi connectivity index (χ3n) is 7.00. The topological polar surface area (TPSA) is 80.1 Å². The van der Waals surface area contributed by atoms with Crippen LogP contribution in [0.5, 0.6) is 11.5 Å². The lowest BCUT2D eigenvalue weighted by Crippen LogP contribution is -2.51. The summed E-state index contributed by atoms with van der Waals surface area (Å²) in [5, 5.41) is 4.71. The number of amides is 2. The maximum atomic E-state index is 13.2. The molecule has 6 rings (SSSR count). The van der Waals surface area contributed by atoms with Crippen LogP contribution in [0.4, 0.5) is 11.5 Å². The largest absolute Gasteiger partial charge is 0.486 e. The molecule has 1 aromatic heterocycles. The van der Waals surface area contributed by atoms with Crippen LogP contribution in [-0.4, -0.2) is 71.9 Å². The number of para-hydroxylation sites is 2. The van der Waals surface area contributed by atoms with Gasteiger partial charge in [-0.2, -0.15) is 5.10 Å². The summed E-state index contributed by atoms with van der Waals surface area (Å²) < 4.78 is 13.7. The Morgan fingerprint density at radius 3 is 2.23 bits per heavy atom. The molecule has 0 N–H and O–H groups in total. The molecule has 1 saturated heterocycles. The number of hydrogen-bond acceptors (Lipinski definition) is 7. The Balaban J connectivity index is 1.17. The number of piperazine rings is 1. The van der Waals surface area contributed by atoms with Crippen molar-refractivity contribution in [2.24, 2.45) is 7.05 Å². The zero-order chi connectivity index (χ0) is 24.1. The first-order chi connectivity index (χ1) is 17.0. The van der Waals surface area contributed by atoms with Crippen molar-refractivity contribution in [3.63, 3.8) is 0 Å². The summed E-state index contributed by atoms with van der Waals surface area (Å²) in [7, 11) is 1.84. The molecule has 3 aliphatic heterocycles. The highest BCUT2D eigenvalue weighted by Gasteiger charge is 2.41. The Kier molecular flexibility index (Phi) is 5.21. The maximum Gasteiger partial charge on any atom is 0.266 e. The fourth-order valence-corrected chi connectivity index (χ4v) is 5.03. The minimum atomic E-state index is -0.295. The molecule has 3 aromatic rings. The summed E-state index contributed by atoms with van der Waals surface area (Å²) in [5.41, 5.74) is 2.23. The molecule has 3 aliphatic rings. The summed E-state index contributed by atoms with van der Waals surface area (Å²) in [6.45, 7) is 6.30. The van der Waals surface area contributed by atoms with E-state index in [1.54, 1.807) is 28.9 Å². The molecule has 0 saturated carbocycles. The van der Waals surface area contributed by atoms with Crippen LogP contribution in [-0.2, 0) is 7.05 Å². The molecule has 2 aromatic carbocycles. The van der Waals surface area contributed by atoms with Crippen molar-refractivity contribution in [3.8, 4) is 11.5 Å². The highest BCUT2D eigenvalue weighted by molar-refractivity contribution is 6.35. The molecule has 1 atom stereocenters. The molecule has 0 unspecified atom stereocenters. The Labute approximate surface area is 203 Å². The third-order valence-corrected chi connectivity index (χ3v) is 7.00. The van der Waals surface area contributed by atoms with Crippen LogP contribution in [0.15, 0.2) is 48.5 Å². The van der Waals surface area contributed by atoms with Gasteiger partial charge in [-0.25, -0.2) is 4.90 Å². The van der Waals surface area contributed by atoms with Crippen LogP contribution in [0.1, 0.15) is 26.4 Å². The van der Waals surface area contributed by atoms with Gasteiger partial charge < -0.3 is 14.4 Å². The SMILES string of the molecule is Cc1c(N2C(=O)c3ccccc3C2=O)c(N2CCN(C[C@H]3COc4ccccc4O3)CC2)nn1C. The number of imide groups is 1. The number of nitrogens with zero attached hydrogens (tertiary/aromatic N) is 5. The molecule has 9 heteroatoms. The van der Waals surface area contributed by atoms with E-state index in [9.17, 15) is 9.59 Å². The lowest BCUT2D eigenvalue weighted by atomic mass is 10.1. The zero-order valence-corrected chi connectivity index (χ0v) is 19.8. The van der Waals surface area contributed by atoms with E-state index in [-0.39, 0.29) is 17.9 Å². The number of fused-ring (bicyclic) bond motifs is 2. The van der Waals surface area contributed by atoms with Crippen LogP contribution in [0.2, 0.25) is 0 Å². The van der Waals surface area contributed by atoms with Crippen molar-refractivity contribution in [3.05, 3.63) is 65.4 Å². The highest BCUT2D eigenvalue weighted by Crippen LogP contribution is 2.38. The van der Waals surface area contributed by atoms with Crippen LogP contribution >= 0.6 is 0 Å². The van der Waals surface area contributed by atoms with E-state index in [0.717, 1.165) is 49.9 Å². The predicted octanol–water partition coefficient (Wildman–Crippen LogP) is 2.49. The fourth-order valence-electron chi connectivity index (χ4n) is 5.03. The summed E-state index contributed by atoms with van der Waals surface area (Å²) >= 11 is 0. The van der Waals surface area contributed by atoms with Crippen molar-refractivity contribution in [1.29, 1.82) is 0 Å². The van der Waals surface area contributed by atoms with Crippen molar-refractivity contribution in [1.82, 2.24) is 14.7 Å². The second kappa shape index (κ2) is 8.42. The molecule has 1 fully saturated rings. The number of benzene rings is 2. The smallest absolute Gasteiger partial charge is 0.266 e. The minimum Gasteiger partial charge on any atom is -0.486 e. The highest BCUT2D eigenvalue weighted by atomic mass is 16.6. The van der Waals surface area contributed by atoms with E-state index in [2.05, 4.69) is 9.80 Å². The third kappa shape index (κ3) is 3.63. The first-order valence-corrected chi connectivity index (χ1v) is 11.9. The first-order valence-electron chi connectivity index (χ1n) is 11.9. The second-order valence-corrected chi connectivity index (χ2v) is 9.16. The maximum absolute atomic E-state index is 13.2. The number of carbonyl (C=O) groups excluding carboxylic acids is 2. The van der Waals surface area contributed by atoms with Crippen molar-refractivity contribution < 1.29 is 19.1 Å². The second-order valence-electron chi connectivity index (χ2n) is 9.16. The minimum absolute atomic E-state index is 0.0255. The van der Waals surface area contributed by atoms with Crippen molar-refractivity contribution in [2.45, 2.75) is 13.0 Å². The zero-order valence-electron chi connectivity index (χ0n) is 19.8. The van der Waals surface area contributed by atoms with Gasteiger partial charge in [0.25, 0.3) is 11.8 Å². The molecular formula is C26H27N5O4. The Hall–Kier alpha value is -3.85. The summed E-state index contributed by atoms with van der Waals surface area (Å²) in [4.78, 5) is 32.2. The number of anilines is 2. The van der Waals surface area contributed by atoms with Gasteiger partial charge >= 0.3 is 0 Å². The fraction of sp³-hybridized carbons (Fsp3) is 0.346. The normalized spacial score (nSPS) is 19.9. The number of ether oxygens (including phenoxy) is 2. The quantitative estimate of drug-likeness (QED) is 0.539. The summed E-state index contributed by atoms with van der Waals surface area (Å²) in [6, 6.07) is 14.7. The van der Waals surface area contributed by atoms with E-state index < -0.39 is 0 Å². The van der Waals surface area contributed by atoms with E-state index in [1.807, 2.05) is 38.2 Å². The molecule has 35 heavy (non-hydrogen) atoms. The monoisotopic (exact) mass is 473 g/mol. The van der Waals surface area contributed by atoms with Gasteiger partial charge in [0.05, 0.1) is 16.8 Å². The molecule has 4 heterocycles. The average molecular weight is 474 g/mol. The summed E-state index contributed by atoms with van der Waals surface area (Å²) in [6.07, 6.45) is -0.0255. The van der Waals surface area contributed by atoms with Gasteiger partial charge in [-0.05, 0) is 31.2 Å². The molecule has 0 aliphatic carbocycles. The lowest BCUT2D eigenvalue weighted by molar-refractivity contribution is 0.0571. The van der Waals surface area contributed by atoms with Crippen LogP contribution in [0.25, 0.3) is 0 Å². The molecule has 9 nitrogen and oxygen atoms in total. The van der Waals surface area contributed by atoms with Gasteiger partial charge in [0, 0.05) is 39.8 Å². The van der Waals surface area contributed by atoms with Gasteiger partial charge in [0.2, 0.25) is 0 Å². The molecule has 0 spiro atoms. The Bertz CT molecular complexity index is 1280. The van der Waals surface area contributed by atoms with Crippen LogP contribution < -0.4 is 19.3 Å². The summed E-state index contributed by atoms with van der Waals surface area (Å²) in [5.74, 6) is 1.66. The van der Waals surface area contributed by atoms with Gasteiger partial charge in [-0.1, -0.05) is 24.3 Å². The molecular weight excluding hydrogens is 446 g/mol. The number of rotatable bonds is 4. The van der Waals surface area contributed by atoms with Gasteiger partial charge in [0.1, 0.15) is 18.4 Å². The molecule has 2 amide bonds. The number of hydrogen-bond donors (Lipinski definition) is 0. The van der Waals surface area contributed by atoms with Gasteiger partial charge in [-0.15, -0.1) is 0 Å². The van der Waals surface area contributed by atoms with Crippen molar-refractivity contribution >= 4 is 23.3 Å². The molecule has 0 bridgehead atoms. The molecule has 0 radical (unpaired) electrons. The Morgan fingerprint density at radius 2 is 1.54 bits per heavy atom. The number of aromatic nitrogens is 2. The Morgan fingerprint density at radius 1 is 0.914 bits per heavy atom. The molecule has 180 valence electrons.